The molecule has 19 heavy (non-hydrogen) atoms. The summed E-state index contributed by atoms with van der Waals surface area (Å²) in [6.07, 6.45) is 3.50. The number of nitrogens with zero attached hydrogens (tertiary/aromatic N) is 2. The molecule has 1 unspecified atom stereocenters. The Hall–Kier alpha value is -1.69. The molecule has 0 aliphatic heterocycles. The first-order valence-corrected chi connectivity index (χ1v) is 6.59. The lowest BCUT2D eigenvalue weighted by molar-refractivity contribution is 0.0934. The summed E-state index contributed by atoms with van der Waals surface area (Å²) in [5.41, 5.74) is 0.285. The molecule has 0 fully saturated rings. The molecule has 1 atom stereocenters. The maximum absolute atomic E-state index is 13.3. The molecule has 0 bridgehead atoms. The lowest BCUT2D eigenvalue weighted by Gasteiger charge is -2.14. The van der Waals surface area contributed by atoms with Crippen molar-refractivity contribution in [3.8, 4) is 0 Å². The van der Waals surface area contributed by atoms with Crippen LogP contribution in [-0.4, -0.2) is 21.7 Å². The van der Waals surface area contributed by atoms with E-state index < -0.39 is 5.82 Å². The number of aromatic nitrogens is 2. The van der Waals surface area contributed by atoms with Crippen LogP contribution in [0.15, 0.2) is 41.1 Å². The van der Waals surface area contributed by atoms with Crippen LogP contribution in [0.4, 0.5) is 4.39 Å². The van der Waals surface area contributed by atoms with Crippen LogP contribution in [0.2, 0.25) is 0 Å². The molecule has 2 aromatic rings. The summed E-state index contributed by atoms with van der Waals surface area (Å²) in [5, 5.41) is 6.87. The molecule has 2 rings (SSSR count). The molecule has 1 aromatic heterocycles. The van der Waals surface area contributed by atoms with Gasteiger partial charge in [-0.1, -0.05) is 6.07 Å². The van der Waals surface area contributed by atoms with E-state index in [1.807, 2.05) is 19.2 Å². The first kappa shape index (κ1) is 13.7. The number of hydrogen-bond donors (Lipinski definition) is 1. The fraction of sp³-hybridized carbons (Fsp3) is 0.231. The van der Waals surface area contributed by atoms with Crippen LogP contribution in [0.1, 0.15) is 17.3 Å². The van der Waals surface area contributed by atoms with Gasteiger partial charge < -0.3 is 5.32 Å². The number of amides is 1. The first-order valence-electron chi connectivity index (χ1n) is 5.80. The minimum absolute atomic E-state index is 0.109. The van der Waals surface area contributed by atoms with Crippen LogP contribution < -0.4 is 5.32 Å². The van der Waals surface area contributed by atoms with Crippen molar-refractivity contribution >= 4 is 21.8 Å². The van der Waals surface area contributed by atoms with Crippen LogP contribution in [-0.2, 0) is 6.54 Å². The van der Waals surface area contributed by atoms with E-state index in [4.69, 9.17) is 0 Å². The Labute approximate surface area is 118 Å². The molecular formula is C13H13BrFN3O. The van der Waals surface area contributed by atoms with Crippen molar-refractivity contribution in [3.05, 3.63) is 52.5 Å². The van der Waals surface area contributed by atoms with Crippen LogP contribution in [0.5, 0.6) is 0 Å². The van der Waals surface area contributed by atoms with Gasteiger partial charge in [0.05, 0.1) is 16.6 Å². The van der Waals surface area contributed by atoms with Gasteiger partial charge >= 0.3 is 0 Å². The Morgan fingerprint density at radius 1 is 1.53 bits per heavy atom. The Morgan fingerprint density at radius 2 is 2.32 bits per heavy atom. The Balaban J connectivity index is 2.02. The highest BCUT2D eigenvalue weighted by atomic mass is 79.9. The number of carbonyl (C=O) groups is 1. The zero-order valence-corrected chi connectivity index (χ0v) is 11.9. The highest BCUT2D eigenvalue weighted by molar-refractivity contribution is 9.10. The second kappa shape index (κ2) is 5.97. The molecule has 1 amide bonds. The van der Waals surface area contributed by atoms with Crippen molar-refractivity contribution in [2.24, 2.45) is 0 Å². The molecule has 1 N–H and O–H groups in total. The first-order chi connectivity index (χ1) is 9.08. The predicted molar refractivity (Wildman–Crippen MR) is 73.3 cm³/mol. The van der Waals surface area contributed by atoms with Crippen molar-refractivity contribution in [2.75, 3.05) is 0 Å². The van der Waals surface area contributed by atoms with E-state index in [0.717, 1.165) is 0 Å². The fourth-order valence-electron chi connectivity index (χ4n) is 1.72. The summed E-state index contributed by atoms with van der Waals surface area (Å²) >= 11 is 3.08. The number of carbonyl (C=O) groups excluding carboxylic acids is 1. The quantitative estimate of drug-likeness (QED) is 0.939. The molecule has 0 radical (unpaired) electrons. The van der Waals surface area contributed by atoms with Crippen molar-refractivity contribution in [1.29, 1.82) is 0 Å². The molecule has 1 aromatic carbocycles. The van der Waals surface area contributed by atoms with E-state index in [0.29, 0.717) is 6.54 Å². The zero-order chi connectivity index (χ0) is 13.8. The van der Waals surface area contributed by atoms with Gasteiger partial charge in [0, 0.05) is 18.4 Å². The van der Waals surface area contributed by atoms with Gasteiger partial charge in [-0.15, -0.1) is 0 Å². The van der Waals surface area contributed by atoms with Crippen molar-refractivity contribution in [3.63, 3.8) is 0 Å². The lowest BCUT2D eigenvalue weighted by atomic mass is 10.2. The summed E-state index contributed by atoms with van der Waals surface area (Å²) in [5.74, 6) is -0.765. The molecule has 0 saturated heterocycles. The minimum Gasteiger partial charge on any atom is -0.348 e. The fourth-order valence-corrected chi connectivity index (χ4v) is 2.16. The smallest absolute Gasteiger partial charge is 0.252 e. The Bertz CT molecular complexity index is 571. The summed E-state index contributed by atoms with van der Waals surface area (Å²) < 4.78 is 15.2. The van der Waals surface area contributed by atoms with Gasteiger partial charge in [0.1, 0.15) is 5.82 Å². The van der Waals surface area contributed by atoms with E-state index >= 15 is 0 Å². The van der Waals surface area contributed by atoms with Crippen molar-refractivity contribution < 1.29 is 9.18 Å². The van der Waals surface area contributed by atoms with Crippen molar-refractivity contribution in [2.45, 2.75) is 19.5 Å². The second-order valence-corrected chi connectivity index (χ2v) is 5.00. The van der Waals surface area contributed by atoms with Gasteiger partial charge in [-0.05, 0) is 41.1 Å². The summed E-state index contributed by atoms with van der Waals surface area (Å²) in [4.78, 5) is 12.0. The second-order valence-electron chi connectivity index (χ2n) is 4.20. The molecule has 6 heteroatoms. The van der Waals surface area contributed by atoms with Crippen LogP contribution >= 0.6 is 15.9 Å². The third kappa shape index (κ3) is 3.41. The number of halogens is 2. The van der Waals surface area contributed by atoms with E-state index in [2.05, 4.69) is 26.3 Å². The van der Waals surface area contributed by atoms with Gasteiger partial charge in [-0.25, -0.2) is 4.39 Å². The summed E-state index contributed by atoms with van der Waals surface area (Å²) in [7, 11) is 0. The lowest BCUT2D eigenvalue weighted by Crippen LogP contribution is -2.36. The molecular weight excluding hydrogens is 313 g/mol. The monoisotopic (exact) mass is 325 g/mol. The average Bonchev–Trinajstić information content (AvgIpc) is 2.85. The Morgan fingerprint density at radius 3 is 3.00 bits per heavy atom. The largest absolute Gasteiger partial charge is 0.348 e. The van der Waals surface area contributed by atoms with Crippen LogP contribution in [0, 0.1) is 5.82 Å². The van der Waals surface area contributed by atoms with Gasteiger partial charge in [0.25, 0.3) is 5.91 Å². The third-order valence-corrected chi connectivity index (χ3v) is 3.40. The number of hydrogen-bond acceptors (Lipinski definition) is 2. The topological polar surface area (TPSA) is 46.9 Å². The average molecular weight is 326 g/mol. The van der Waals surface area contributed by atoms with Gasteiger partial charge in [0.15, 0.2) is 0 Å². The van der Waals surface area contributed by atoms with Gasteiger partial charge in [-0.3, -0.25) is 9.48 Å². The van der Waals surface area contributed by atoms with E-state index in [1.54, 1.807) is 16.9 Å². The standard InChI is InChI=1S/C13H13BrFN3O/c1-9(8-18-7-3-6-16-18)17-13(19)10-4-2-5-11(15)12(10)14/h2-7,9H,8H2,1H3,(H,17,19). The maximum atomic E-state index is 13.3. The maximum Gasteiger partial charge on any atom is 0.252 e. The predicted octanol–water partition coefficient (Wildman–Crippen LogP) is 2.60. The van der Waals surface area contributed by atoms with Crippen LogP contribution in [0.3, 0.4) is 0 Å². The molecule has 0 aliphatic rings. The molecule has 1 heterocycles. The molecule has 0 saturated carbocycles. The van der Waals surface area contributed by atoms with E-state index in [-0.39, 0.29) is 22.0 Å². The SMILES string of the molecule is CC(Cn1cccn1)NC(=O)c1cccc(F)c1Br. The minimum atomic E-state index is -0.452. The van der Waals surface area contributed by atoms with Gasteiger partial charge in [-0.2, -0.15) is 5.10 Å². The van der Waals surface area contributed by atoms with Crippen molar-refractivity contribution in [1.82, 2.24) is 15.1 Å². The third-order valence-electron chi connectivity index (χ3n) is 2.59. The van der Waals surface area contributed by atoms with Gasteiger partial charge in [0.2, 0.25) is 0 Å². The highest BCUT2D eigenvalue weighted by Crippen LogP contribution is 2.20. The molecule has 4 nitrogen and oxygen atoms in total. The number of benzene rings is 1. The number of nitrogens with one attached hydrogen (secondary N) is 1. The van der Waals surface area contributed by atoms with E-state index in [1.165, 1.54) is 12.1 Å². The normalized spacial score (nSPS) is 12.2. The summed E-state index contributed by atoms with van der Waals surface area (Å²) in [6.45, 7) is 2.43. The van der Waals surface area contributed by atoms with E-state index in [9.17, 15) is 9.18 Å². The van der Waals surface area contributed by atoms with Crippen LogP contribution in [0.25, 0.3) is 0 Å². The molecule has 0 aliphatic carbocycles. The molecule has 0 spiro atoms. The zero-order valence-electron chi connectivity index (χ0n) is 10.3. The summed E-state index contributed by atoms with van der Waals surface area (Å²) in [6, 6.07) is 6.09. The number of rotatable bonds is 4. The highest BCUT2D eigenvalue weighted by Gasteiger charge is 2.15. The molecule has 100 valence electrons. The Kier molecular flexibility index (Phi) is 4.31.